The van der Waals surface area contributed by atoms with Crippen LogP contribution in [0.15, 0.2) is 70.0 Å². The molecule has 0 aliphatic carbocycles. The molecule has 0 spiro atoms. The highest BCUT2D eigenvalue weighted by Gasteiger charge is 2.19. The van der Waals surface area contributed by atoms with E-state index in [-0.39, 0.29) is 5.56 Å². The summed E-state index contributed by atoms with van der Waals surface area (Å²) >= 11 is 5.98. The normalized spacial score (nSPS) is 16.2. The lowest BCUT2D eigenvalue weighted by Gasteiger charge is -2.21. The van der Waals surface area contributed by atoms with Crippen LogP contribution < -0.4 is 10.9 Å². The zero-order valence-corrected chi connectivity index (χ0v) is 19.8. The minimum absolute atomic E-state index is 0.166. The van der Waals surface area contributed by atoms with Gasteiger partial charge in [-0.25, -0.2) is 0 Å². The number of hydrogen-bond donors (Lipinski definition) is 2. The average Bonchev–Trinajstić information content (AvgIpc) is 3.47. The molecule has 0 bridgehead atoms. The van der Waals surface area contributed by atoms with Gasteiger partial charge in [-0.2, -0.15) is 0 Å². The quantitative estimate of drug-likeness (QED) is 0.332. The zero-order chi connectivity index (χ0) is 23.7. The molecule has 1 atom stereocenters. The molecular weight excluding hydrogens is 448 g/mol. The zero-order valence-electron chi connectivity index (χ0n) is 19.1. The van der Waals surface area contributed by atoms with Crippen LogP contribution >= 0.6 is 11.6 Å². The molecule has 2 aromatic carbocycles. The van der Waals surface area contributed by atoms with Crippen molar-refractivity contribution in [1.82, 2.24) is 9.47 Å². The summed E-state index contributed by atoms with van der Waals surface area (Å²) in [5.41, 5.74) is 3.57. The first-order valence-corrected chi connectivity index (χ1v) is 12.0. The number of fused-ring (bicyclic) bond motifs is 1. The second-order valence-electron chi connectivity index (χ2n) is 8.76. The SMILES string of the molecule is CC1CCCN1CCNc1ccc(-n2ccc3oc(-c4ccc(Cl)cc4)cc3c2=O)cc1C=N. The van der Waals surface area contributed by atoms with Gasteiger partial charge < -0.3 is 15.1 Å². The molecule has 1 aliphatic heterocycles. The number of furan rings is 1. The highest BCUT2D eigenvalue weighted by Crippen LogP contribution is 2.28. The van der Waals surface area contributed by atoms with Gasteiger partial charge in [0.1, 0.15) is 11.3 Å². The summed E-state index contributed by atoms with van der Waals surface area (Å²) in [6, 6.07) is 17.2. The fraction of sp³-hybridized carbons (Fsp3) is 0.259. The van der Waals surface area contributed by atoms with E-state index in [0.29, 0.717) is 33.5 Å². The number of hydrogen-bond acceptors (Lipinski definition) is 5. The highest BCUT2D eigenvalue weighted by molar-refractivity contribution is 6.30. The van der Waals surface area contributed by atoms with Crippen LogP contribution in [0.3, 0.4) is 0 Å². The van der Waals surface area contributed by atoms with Crippen molar-refractivity contribution in [3.05, 3.63) is 81.7 Å². The molecule has 34 heavy (non-hydrogen) atoms. The third-order valence-electron chi connectivity index (χ3n) is 6.59. The van der Waals surface area contributed by atoms with E-state index in [4.69, 9.17) is 21.4 Å². The van der Waals surface area contributed by atoms with E-state index in [1.54, 1.807) is 35.0 Å². The van der Waals surface area contributed by atoms with Gasteiger partial charge in [0.25, 0.3) is 5.56 Å². The summed E-state index contributed by atoms with van der Waals surface area (Å²) < 4.78 is 7.51. The van der Waals surface area contributed by atoms with Crippen LogP contribution in [0.4, 0.5) is 5.69 Å². The third kappa shape index (κ3) is 4.39. The third-order valence-corrected chi connectivity index (χ3v) is 6.84. The van der Waals surface area contributed by atoms with Crippen LogP contribution in [0.2, 0.25) is 5.02 Å². The Morgan fingerprint density at radius 1 is 1.18 bits per heavy atom. The number of nitrogens with zero attached hydrogens (tertiary/aromatic N) is 2. The molecule has 1 unspecified atom stereocenters. The van der Waals surface area contributed by atoms with Crippen molar-refractivity contribution < 1.29 is 4.42 Å². The molecule has 0 radical (unpaired) electrons. The van der Waals surface area contributed by atoms with Gasteiger partial charge in [-0.3, -0.25) is 14.3 Å². The predicted octanol–water partition coefficient (Wildman–Crippen LogP) is 5.80. The van der Waals surface area contributed by atoms with Crippen LogP contribution in [0.5, 0.6) is 0 Å². The van der Waals surface area contributed by atoms with Crippen LogP contribution in [-0.2, 0) is 0 Å². The van der Waals surface area contributed by atoms with Crippen molar-refractivity contribution in [2.45, 2.75) is 25.8 Å². The first kappa shape index (κ1) is 22.4. The first-order valence-electron chi connectivity index (χ1n) is 11.6. The monoisotopic (exact) mass is 474 g/mol. The lowest BCUT2D eigenvalue weighted by Crippen LogP contribution is -2.31. The molecule has 6 nitrogen and oxygen atoms in total. The Balaban J connectivity index is 1.40. The molecule has 1 saturated heterocycles. The summed E-state index contributed by atoms with van der Waals surface area (Å²) in [5.74, 6) is 0.619. The molecule has 1 fully saturated rings. The summed E-state index contributed by atoms with van der Waals surface area (Å²) in [4.78, 5) is 15.8. The molecule has 1 aliphatic rings. The van der Waals surface area contributed by atoms with Crippen molar-refractivity contribution in [2.75, 3.05) is 25.0 Å². The van der Waals surface area contributed by atoms with Crippen LogP contribution in [-0.4, -0.2) is 41.4 Å². The standard InChI is InChI=1S/C27H27ClN4O2/c1-18-3-2-12-31(18)14-11-30-24-9-8-22(15-20(24)17-29)32-13-10-25-23(27(32)33)16-26(34-25)19-4-6-21(28)7-5-19/h4-10,13,15-18,29-30H,2-3,11-12,14H2,1H3. The van der Waals surface area contributed by atoms with E-state index in [1.807, 2.05) is 30.3 Å². The Bertz CT molecular complexity index is 1390. The largest absolute Gasteiger partial charge is 0.456 e. The van der Waals surface area contributed by atoms with E-state index in [0.717, 1.165) is 36.4 Å². The smallest absolute Gasteiger partial charge is 0.266 e. The van der Waals surface area contributed by atoms with E-state index < -0.39 is 0 Å². The number of aromatic nitrogens is 1. The van der Waals surface area contributed by atoms with E-state index >= 15 is 0 Å². The van der Waals surface area contributed by atoms with Gasteiger partial charge in [0.15, 0.2) is 0 Å². The molecule has 2 N–H and O–H groups in total. The average molecular weight is 475 g/mol. The van der Waals surface area contributed by atoms with Crippen molar-refractivity contribution >= 4 is 34.5 Å². The molecule has 3 heterocycles. The Kier molecular flexibility index (Phi) is 6.26. The number of anilines is 1. The van der Waals surface area contributed by atoms with Crippen LogP contribution in [0.1, 0.15) is 25.3 Å². The number of benzene rings is 2. The Morgan fingerprint density at radius 3 is 2.74 bits per heavy atom. The maximum Gasteiger partial charge on any atom is 0.266 e. The lowest BCUT2D eigenvalue weighted by molar-refractivity contribution is 0.279. The van der Waals surface area contributed by atoms with Crippen LogP contribution in [0.25, 0.3) is 28.0 Å². The number of likely N-dealkylation sites (tertiary alicyclic amines) is 1. The van der Waals surface area contributed by atoms with E-state index in [1.165, 1.54) is 19.1 Å². The second-order valence-corrected chi connectivity index (χ2v) is 9.19. The fourth-order valence-corrected chi connectivity index (χ4v) is 4.76. The summed E-state index contributed by atoms with van der Waals surface area (Å²) in [7, 11) is 0. The Hall–Kier alpha value is -3.35. The molecule has 174 valence electrons. The van der Waals surface area contributed by atoms with Gasteiger partial charge in [0, 0.05) is 59.1 Å². The summed E-state index contributed by atoms with van der Waals surface area (Å²) in [6.45, 7) is 5.22. The predicted molar refractivity (Wildman–Crippen MR) is 139 cm³/mol. The molecule has 0 amide bonds. The minimum atomic E-state index is -0.166. The maximum absolute atomic E-state index is 13.3. The van der Waals surface area contributed by atoms with Crippen molar-refractivity contribution in [3.63, 3.8) is 0 Å². The molecule has 2 aromatic heterocycles. The number of halogens is 1. The van der Waals surface area contributed by atoms with Gasteiger partial charge in [0.2, 0.25) is 0 Å². The fourth-order valence-electron chi connectivity index (χ4n) is 4.63. The van der Waals surface area contributed by atoms with E-state index in [9.17, 15) is 4.79 Å². The number of rotatable bonds is 7. The maximum atomic E-state index is 13.3. The number of pyridine rings is 1. The molecule has 5 rings (SSSR count). The molecule has 0 saturated carbocycles. The highest BCUT2D eigenvalue weighted by atomic mass is 35.5. The van der Waals surface area contributed by atoms with Crippen LogP contribution in [0, 0.1) is 5.41 Å². The summed E-state index contributed by atoms with van der Waals surface area (Å²) in [6.07, 6.45) is 5.56. The van der Waals surface area contributed by atoms with Gasteiger partial charge in [-0.1, -0.05) is 11.6 Å². The topological polar surface area (TPSA) is 74.3 Å². The summed E-state index contributed by atoms with van der Waals surface area (Å²) in [5, 5.41) is 12.5. The molecule has 7 heteroatoms. The van der Waals surface area contributed by atoms with E-state index in [2.05, 4.69) is 17.1 Å². The van der Waals surface area contributed by atoms with Gasteiger partial charge in [-0.05, 0) is 80.9 Å². The Morgan fingerprint density at radius 2 is 2.00 bits per heavy atom. The van der Waals surface area contributed by atoms with Gasteiger partial charge in [-0.15, -0.1) is 0 Å². The second kappa shape index (κ2) is 9.49. The number of nitrogens with one attached hydrogen (secondary N) is 2. The van der Waals surface area contributed by atoms with Gasteiger partial charge >= 0.3 is 0 Å². The van der Waals surface area contributed by atoms with Crippen molar-refractivity contribution in [3.8, 4) is 17.0 Å². The first-order chi connectivity index (χ1) is 16.5. The van der Waals surface area contributed by atoms with Gasteiger partial charge in [0.05, 0.1) is 5.39 Å². The lowest BCUT2D eigenvalue weighted by atomic mass is 10.1. The Labute approximate surface area is 203 Å². The van der Waals surface area contributed by atoms with Crippen molar-refractivity contribution in [1.29, 1.82) is 5.41 Å². The minimum Gasteiger partial charge on any atom is -0.456 e. The molecular formula is C27H27ClN4O2. The molecule has 4 aromatic rings. The van der Waals surface area contributed by atoms with Crippen molar-refractivity contribution in [2.24, 2.45) is 0 Å².